The van der Waals surface area contributed by atoms with Crippen LogP contribution in [-0.2, 0) is 9.84 Å². The summed E-state index contributed by atoms with van der Waals surface area (Å²) >= 11 is 4.94. The Kier molecular flexibility index (Phi) is 6.83. The van der Waals surface area contributed by atoms with Crippen LogP contribution in [0.15, 0.2) is 51.9 Å². The van der Waals surface area contributed by atoms with Gasteiger partial charge in [0.25, 0.3) is 5.91 Å². The molecule has 2 aromatic carbocycles. The minimum absolute atomic E-state index is 0.00678. The van der Waals surface area contributed by atoms with Gasteiger partial charge in [0.2, 0.25) is 0 Å². The molecule has 2 aromatic rings. The van der Waals surface area contributed by atoms with Crippen molar-refractivity contribution in [2.45, 2.75) is 25.1 Å². The van der Waals surface area contributed by atoms with Crippen LogP contribution in [0, 0.1) is 0 Å². The van der Waals surface area contributed by atoms with Crippen LogP contribution in [0.1, 0.15) is 24.2 Å². The second-order valence-electron chi connectivity index (χ2n) is 7.35. The van der Waals surface area contributed by atoms with Crippen LogP contribution in [0.3, 0.4) is 0 Å². The van der Waals surface area contributed by atoms with Gasteiger partial charge in [0.05, 0.1) is 36.4 Å². The average Bonchev–Trinajstić information content (AvgIpc) is 3.21. The van der Waals surface area contributed by atoms with E-state index in [4.69, 9.17) is 9.47 Å². The van der Waals surface area contributed by atoms with E-state index >= 15 is 0 Å². The van der Waals surface area contributed by atoms with Gasteiger partial charge < -0.3 is 14.4 Å². The van der Waals surface area contributed by atoms with E-state index in [-0.39, 0.29) is 28.7 Å². The molecule has 0 saturated carbocycles. The number of hydrogen-bond acceptors (Lipinski definition) is 6. The molecule has 2 atom stereocenters. The van der Waals surface area contributed by atoms with E-state index in [1.54, 1.807) is 24.3 Å². The van der Waals surface area contributed by atoms with Crippen LogP contribution in [0.2, 0.25) is 0 Å². The summed E-state index contributed by atoms with van der Waals surface area (Å²) < 4.78 is 36.9. The Balaban J connectivity index is 1.79. The molecule has 7 nitrogen and oxygen atoms in total. The van der Waals surface area contributed by atoms with Gasteiger partial charge in [-0.1, -0.05) is 30.0 Å². The summed E-state index contributed by atoms with van der Waals surface area (Å²) in [5.41, 5.74) is 1.17. The quantitative estimate of drug-likeness (QED) is 0.545. The van der Waals surface area contributed by atoms with E-state index in [0.717, 1.165) is 0 Å². The fraction of sp³-hybridized carbons (Fsp3) is 0.364. The summed E-state index contributed by atoms with van der Waals surface area (Å²) in [4.78, 5) is 19.1. The molecule has 0 aliphatic carbocycles. The van der Waals surface area contributed by atoms with Gasteiger partial charge in [-0.3, -0.25) is 4.79 Å². The molecular weight excluding hydrogens is 516 g/mol. The van der Waals surface area contributed by atoms with Crippen LogP contribution in [-0.4, -0.2) is 55.5 Å². The molecular formula is C22H23BrN2O5S2. The Morgan fingerprint density at radius 1 is 1.12 bits per heavy atom. The van der Waals surface area contributed by atoms with Gasteiger partial charge in [0.15, 0.2) is 26.5 Å². The zero-order chi connectivity index (χ0) is 22.9. The summed E-state index contributed by atoms with van der Waals surface area (Å²) in [6.45, 7) is 4.70. The Morgan fingerprint density at radius 3 is 2.44 bits per heavy atom. The van der Waals surface area contributed by atoms with Crippen molar-refractivity contribution in [2.24, 2.45) is 4.99 Å². The molecule has 170 valence electrons. The lowest BCUT2D eigenvalue weighted by molar-refractivity contribution is 0.100. The number of hydrogen-bond donors (Lipinski definition) is 0. The first-order chi connectivity index (χ1) is 15.3. The first-order valence-corrected chi connectivity index (χ1v) is 13.8. The molecule has 0 unspecified atom stereocenters. The number of ether oxygens (including phenoxy) is 2. The molecule has 0 spiro atoms. The summed E-state index contributed by atoms with van der Waals surface area (Å²) in [5, 5.41) is 0.285. The van der Waals surface area contributed by atoms with Crippen LogP contribution in [0.4, 0.5) is 5.69 Å². The summed E-state index contributed by atoms with van der Waals surface area (Å²) in [5.74, 6) is 0.840. The molecule has 0 N–H and O–H groups in total. The van der Waals surface area contributed by atoms with Crippen molar-refractivity contribution in [2.75, 3.05) is 29.6 Å². The fourth-order valence-corrected chi connectivity index (χ4v) is 8.24. The number of halogens is 1. The number of fused-ring (bicyclic) bond motifs is 1. The molecule has 2 heterocycles. The molecule has 0 radical (unpaired) electrons. The van der Waals surface area contributed by atoms with Gasteiger partial charge in [-0.25, -0.2) is 8.42 Å². The molecule has 2 aliphatic heterocycles. The monoisotopic (exact) mass is 538 g/mol. The number of amides is 1. The van der Waals surface area contributed by atoms with E-state index in [2.05, 4.69) is 20.9 Å². The molecule has 4 rings (SSSR count). The number of nitrogens with zero attached hydrogens (tertiary/aromatic N) is 2. The number of sulfone groups is 1. The fourth-order valence-electron chi connectivity index (χ4n) is 3.82. The van der Waals surface area contributed by atoms with Crippen molar-refractivity contribution in [3.63, 3.8) is 0 Å². The van der Waals surface area contributed by atoms with Gasteiger partial charge in [0.1, 0.15) is 0 Å². The van der Waals surface area contributed by atoms with Crippen LogP contribution < -0.4 is 14.4 Å². The van der Waals surface area contributed by atoms with Crippen molar-refractivity contribution in [3.05, 3.63) is 52.5 Å². The maximum Gasteiger partial charge on any atom is 0.279 e. The highest BCUT2D eigenvalue weighted by Gasteiger charge is 2.50. The van der Waals surface area contributed by atoms with Gasteiger partial charge >= 0.3 is 0 Å². The molecule has 2 fully saturated rings. The van der Waals surface area contributed by atoms with Crippen LogP contribution >= 0.6 is 27.7 Å². The first kappa shape index (κ1) is 23.1. The third-order valence-electron chi connectivity index (χ3n) is 5.16. The zero-order valence-corrected chi connectivity index (χ0v) is 20.9. The van der Waals surface area contributed by atoms with E-state index in [1.807, 2.05) is 36.9 Å². The van der Waals surface area contributed by atoms with Gasteiger partial charge in [-0.15, -0.1) is 0 Å². The highest BCUT2D eigenvalue weighted by Crippen LogP contribution is 2.46. The summed E-state index contributed by atoms with van der Waals surface area (Å²) in [6, 6.07) is 12.1. The number of carbonyl (C=O) groups is 1. The summed E-state index contributed by atoms with van der Waals surface area (Å²) in [6.07, 6.45) is 0. The largest absolute Gasteiger partial charge is 0.490 e. The first-order valence-electron chi connectivity index (χ1n) is 10.3. The van der Waals surface area contributed by atoms with E-state index in [9.17, 15) is 13.2 Å². The minimum atomic E-state index is -3.17. The smallest absolute Gasteiger partial charge is 0.279 e. The molecule has 0 aromatic heterocycles. The SMILES string of the molecule is CCOc1cc(Br)c(N2C(=NC(=O)c3ccccc3)S[C@@H]3CS(=O)(=O)C[C@H]32)cc1OCC. The Bertz CT molecular complexity index is 1150. The normalized spacial score (nSPS) is 22.7. The predicted molar refractivity (Wildman–Crippen MR) is 131 cm³/mol. The van der Waals surface area contributed by atoms with Crippen molar-refractivity contribution in [1.29, 1.82) is 0 Å². The van der Waals surface area contributed by atoms with Gasteiger partial charge in [0, 0.05) is 27.4 Å². The highest BCUT2D eigenvalue weighted by atomic mass is 79.9. The van der Waals surface area contributed by atoms with Gasteiger partial charge in [-0.2, -0.15) is 4.99 Å². The number of thioether (sulfide) groups is 1. The minimum Gasteiger partial charge on any atom is -0.490 e. The third kappa shape index (κ3) is 4.67. The van der Waals surface area contributed by atoms with Crippen molar-refractivity contribution < 1.29 is 22.7 Å². The number of carbonyl (C=O) groups excluding carboxylic acids is 1. The number of benzene rings is 2. The van der Waals surface area contributed by atoms with E-state index in [1.165, 1.54) is 11.8 Å². The molecule has 2 aliphatic rings. The lowest BCUT2D eigenvalue weighted by Crippen LogP contribution is -2.38. The number of aliphatic imine (C=N–C) groups is 1. The number of anilines is 1. The second kappa shape index (κ2) is 9.44. The number of amidine groups is 1. The van der Waals surface area contributed by atoms with E-state index in [0.29, 0.717) is 45.6 Å². The predicted octanol–water partition coefficient (Wildman–Crippen LogP) is 4.16. The molecule has 0 bridgehead atoms. The zero-order valence-electron chi connectivity index (χ0n) is 17.7. The van der Waals surface area contributed by atoms with Crippen molar-refractivity contribution in [3.8, 4) is 11.5 Å². The lowest BCUT2D eigenvalue weighted by atomic mass is 10.2. The third-order valence-corrected chi connectivity index (χ3v) is 9.00. The molecule has 2 saturated heterocycles. The van der Waals surface area contributed by atoms with Crippen LogP contribution in [0.25, 0.3) is 0 Å². The number of rotatable bonds is 6. The molecule has 10 heteroatoms. The standard InChI is InChI=1S/C22H23BrN2O5S2/c1-3-29-18-10-15(23)16(11-19(18)30-4-2)25-17-12-32(27,28)13-20(17)31-22(25)24-21(26)14-8-6-5-7-9-14/h5-11,17,20H,3-4,12-13H2,1-2H3/t17-,20-/m1/s1. The topological polar surface area (TPSA) is 85.3 Å². The van der Waals surface area contributed by atoms with Crippen molar-refractivity contribution in [1.82, 2.24) is 0 Å². The second-order valence-corrected chi connectivity index (χ2v) is 11.6. The Morgan fingerprint density at radius 2 is 1.78 bits per heavy atom. The van der Waals surface area contributed by atoms with E-state index < -0.39 is 9.84 Å². The summed E-state index contributed by atoms with van der Waals surface area (Å²) in [7, 11) is -3.17. The Hall–Kier alpha value is -2.04. The van der Waals surface area contributed by atoms with Crippen molar-refractivity contribution >= 4 is 54.3 Å². The average molecular weight is 539 g/mol. The Labute approximate surface area is 200 Å². The van der Waals surface area contributed by atoms with Gasteiger partial charge in [-0.05, 0) is 41.9 Å². The maximum atomic E-state index is 12.8. The highest BCUT2D eigenvalue weighted by molar-refractivity contribution is 9.10. The molecule has 32 heavy (non-hydrogen) atoms. The maximum absolute atomic E-state index is 12.8. The van der Waals surface area contributed by atoms with Crippen LogP contribution in [0.5, 0.6) is 11.5 Å². The molecule has 1 amide bonds. The lowest BCUT2D eigenvalue weighted by Gasteiger charge is -2.27.